The molecule has 180 valence electrons. The zero-order chi connectivity index (χ0) is 24.3. The maximum Gasteiger partial charge on any atom is 0.240 e. The van der Waals surface area contributed by atoms with Gasteiger partial charge in [0.2, 0.25) is 17.7 Å². The minimum Gasteiger partial charge on any atom is -0.333 e. The number of amides is 3. The lowest BCUT2D eigenvalue weighted by atomic mass is 9.75. The van der Waals surface area contributed by atoms with E-state index in [1.807, 2.05) is 58.8 Å². The molecule has 2 saturated heterocycles. The topological polar surface area (TPSA) is 83.5 Å². The van der Waals surface area contributed by atoms with Crippen LogP contribution < -0.4 is 0 Å². The highest BCUT2D eigenvalue weighted by Crippen LogP contribution is 2.42. The predicted octanol–water partition coefficient (Wildman–Crippen LogP) is 3.92. The summed E-state index contributed by atoms with van der Waals surface area (Å²) in [6, 6.07) is 14.8. The zero-order valence-electron chi connectivity index (χ0n) is 19.5. The molecule has 2 aromatic heterocycles. The molecule has 8 heteroatoms. The van der Waals surface area contributed by atoms with Gasteiger partial charge >= 0.3 is 0 Å². The number of imide groups is 1. The molecular formula is C27H28N4O3S. The summed E-state index contributed by atoms with van der Waals surface area (Å²) in [6.45, 7) is 0.891. The van der Waals surface area contributed by atoms with E-state index in [2.05, 4.69) is 9.97 Å². The Morgan fingerprint density at radius 2 is 1.86 bits per heavy atom. The van der Waals surface area contributed by atoms with Gasteiger partial charge in [0.1, 0.15) is 5.01 Å². The van der Waals surface area contributed by atoms with Crippen LogP contribution in [0, 0.1) is 0 Å². The summed E-state index contributed by atoms with van der Waals surface area (Å²) in [4.78, 5) is 52.8. The van der Waals surface area contributed by atoms with Crippen molar-refractivity contribution in [2.24, 2.45) is 0 Å². The Hall–Kier alpha value is -3.39. The summed E-state index contributed by atoms with van der Waals surface area (Å²) in [5.74, 6) is -0.625. The third-order valence-corrected chi connectivity index (χ3v) is 7.94. The van der Waals surface area contributed by atoms with Crippen LogP contribution in [0.2, 0.25) is 0 Å². The van der Waals surface area contributed by atoms with E-state index >= 15 is 0 Å². The number of carbonyl (C=O) groups excluding carboxylic acids is 3. The Bertz CT molecular complexity index is 1190. The van der Waals surface area contributed by atoms with Crippen LogP contribution in [0.1, 0.15) is 54.4 Å². The van der Waals surface area contributed by atoms with E-state index in [1.54, 1.807) is 23.7 Å². The zero-order valence-corrected chi connectivity index (χ0v) is 20.3. The van der Waals surface area contributed by atoms with Gasteiger partial charge < -0.3 is 4.90 Å². The molecule has 2 unspecified atom stereocenters. The van der Waals surface area contributed by atoms with Gasteiger partial charge in [-0.3, -0.25) is 24.3 Å². The van der Waals surface area contributed by atoms with Crippen molar-refractivity contribution < 1.29 is 14.4 Å². The molecule has 0 N–H and O–H groups in total. The highest BCUT2D eigenvalue weighted by atomic mass is 32.1. The van der Waals surface area contributed by atoms with E-state index in [1.165, 1.54) is 4.90 Å². The smallest absolute Gasteiger partial charge is 0.240 e. The fraction of sp³-hybridized carbons (Fsp3) is 0.370. The van der Waals surface area contributed by atoms with Gasteiger partial charge in [-0.05, 0) is 37.0 Å². The molecule has 4 heterocycles. The number of benzene rings is 1. The standard InChI is InChI=1S/C27H28N4O3S/c32-23(30-15-7-5-11-22(30)25-29-14-17-35-25)18-27(20-8-2-1-3-9-20)19-24(33)31(26(27)34)16-12-21-10-4-6-13-28-21/h1-4,6,8-10,13-14,17,22H,5,7,11-12,15-16,18-19H2. The van der Waals surface area contributed by atoms with Crippen LogP contribution in [0.4, 0.5) is 0 Å². The first kappa shape index (κ1) is 23.4. The molecule has 2 atom stereocenters. The number of hydrogen-bond acceptors (Lipinski definition) is 6. The number of carbonyl (C=O) groups is 3. The Balaban J connectivity index is 1.42. The molecule has 35 heavy (non-hydrogen) atoms. The van der Waals surface area contributed by atoms with E-state index in [0.717, 1.165) is 35.5 Å². The van der Waals surface area contributed by atoms with Crippen LogP contribution in [0.3, 0.4) is 0 Å². The highest BCUT2D eigenvalue weighted by molar-refractivity contribution is 7.09. The summed E-state index contributed by atoms with van der Waals surface area (Å²) in [6.07, 6.45) is 6.75. The van der Waals surface area contributed by atoms with Crippen molar-refractivity contribution in [3.05, 3.63) is 82.6 Å². The first-order valence-corrected chi connectivity index (χ1v) is 13.0. The Morgan fingerprint density at radius 3 is 2.60 bits per heavy atom. The van der Waals surface area contributed by atoms with Crippen molar-refractivity contribution in [3.63, 3.8) is 0 Å². The predicted molar refractivity (Wildman–Crippen MR) is 132 cm³/mol. The van der Waals surface area contributed by atoms with Gasteiger partial charge in [-0.15, -0.1) is 11.3 Å². The second-order valence-corrected chi connectivity index (χ2v) is 10.1. The van der Waals surface area contributed by atoms with Crippen LogP contribution in [0.5, 0.6) is 0 Å². The third-order valence-electron chi connectivity index (χ3n) is 7.07. The van der Waals surface area contributed by atoms with E-state index in [0.29, 0.717) is 13.0 Å². The number of likely N-dealkylation sites (tertiary alicyclic amines) is 2. The molecule has 0 spiro atoms. The number of thiazole rings is 1. The summed E-state index contributed by atoms with van der Waals surface area (Å²) < 4.78 is 0. The fourth-order valence-electron chi connectivity index (χ4n) is 5.27. The number of hydrogen-bond donors (Lipinski definition) is 0. The van der Waals surface area contributed by atoms with Crippen molar-refractivity contribution in [1.82, 2.24) is 19.8 Å². The van der Waals surface area contributed by atoms with Crippen LogP contribution >= 0.6 is 11.3 Å². The Morgan fingerprint density at radius 1 is 1.03 bits per heavy atom. The van der Waals surface area contributed by atoms with Crippen molar-refractivity contribution in [3.8, 4) is 0 Å². The largest absolute Gasteiger partial charge is 0.333 e. The molecule has 2 aliphatic heterocycles. The van der Waals surface area contributed by atoms with Gasteiger partial charge in [-0.1, -0.05) is 36.4 Å². The number of nitrogens with zero attached hydrogens (tertiary/aromatic N) is 4. The van der Waals surface area contributed by atoms with Crippen LogP contribution in [0.15, 0.2) is 66.3 Å². The van der Waals surface area contributed by atoms with E-state index in [9.17, 15) is 14.4 Å². The third kappa shape index (κ3) is 4.62. The van der Waals surface area contributed by atoms with Gasteiger partial charge in [0.15, 0.2) is 0 Å². The summed E-state index contributed by atoms with van der Waals surface area (Å²) in [5, 5.41) is 2.86. The minimum absolute atomic E-state index is 0.000433. The van der Waals surface area contributed by atoms with Crippen LogP contribution in [-0.2, 0) is 26.2 Å². The van der Waals surface area contributed by atoms with Gasteiger partial charge in [0.05, 0.1) is 11.5 Å². The summed E-state index contributed by atoms with van der Waals surface area (Å²) in [5.41, 5.74) is 0.348. The second-order valence-electron chi connectivity index (χ2n) is 9.19. The van der Waals surface area contributed by atoms with Gasteiger partial charge in [-0.2, -0.15) is 0 Å². The lowest BCUT2D eigenvalue weighted by molar-refractivity contribution is -0.144. The SMILES string of the molecule is O=C1CC(CC(=O)N2CCCCC2c2nccs2)(c2ccccc2)C(=O)N1CCc1ccccn1. The lowest BCUT2D eigenvalue weighted by Crippen LogP contribution is -2.45. The molecule has 3 amide bonds. The quantitative estimate of drug-likeness (QED) is 0.471. The highest BCUT2D eigenvalue weighted by Gasteiger charge is 2.54. The Labute approximate surface area is 208 Å². The lowest BCUT2D eigenvalue weighted by Gasteiger charge is -2.37. The second kappa shape index (κ2) is 10.1. The van der Waals surface area contributed by atoms with Crippen LogP contribution in [-0.4, -0.2) is 50.6 Å². The molecule has 0 bridgehead atoms. The number of aromatic nitrogens is 2. The number of pyridine rings is 1. The van der Waals surface area contributed by atoms with Gasteiger partial charge in [-0.25, -0.2) is 4.98 Å². The van der Waals surface area contributed by atoms with Crippen LogP contribution in [0.25, 0.3) is 0 Å². The Kier molecular flexibility index (Phi) is 6.72. The van der Waals surface area contributed by atoms with Crippen molar-refractivity contribution in [2.75, 3.05) is 13.1 Å². The molecule has 0 saturated carbocycles. The molecular weight excluding hydrogens is 460 g/mol. The molecule has 0 radical (unpaired) electrons. The van der Waals surface area contributed by atoms with E-state index in [4.69, 9.17) is 0 Å². The van der Waals surface area contributed by atoms with E-state index in [-0.39, 0.29) is 43.1 Å². The fourth-order valence-corrected chi connectivity index (χ4v) is 6.05. The molecule has 2 aliphatic rings. The maximum absolute atomic E-state index is 13.9. The van der Waals surface area contributed by atoms with E-state index < -0.39 is 5.41 Å². The van der Waals surface area contributed by atoms with Crippen molar-refractivity contribution >= 4 is 29.1 Å². The average Bonchev–Trinajstić information content (AvgIpc) is 3.51. The summed E-state index contributed by atoms with van der Waals surface area (Å²) >= 11 is 1.55. The molecule has 5 rings (SSSR count). The number of piperidine rings is 1. The molecule has 1 aromatic carbocycles. The van der Waals surface area contributed by atoms with Gasteiger partial charge in [0, 0.05) is 55.8 Å². The maximum atomic E-state index is 13.9. The number of rotatable bonds is 7. The normalized spacial score (nSPS) is 22.6. The molecule has 3 aromatic rings. The van der Waals surface area contributed by atoms with Crippen molar-refractivity contribution in [1.29, 1.82) is 0 Å². The first-order chi connectivity index (χ1) is 17.1. The molecule has 2 fully saturated rings. The first-order valence-electron chi connectivity index (χ1n) is 12.1. The minimum atomic E-state index is -1.19. The molecule has 7 nitrogen and oxygen atoms in total. The molecule has 0 aliphatic carbocycles. The average molecular weight is 489 g/mol. The van der Waals surface area contributed by atoms with Gasteiger partial charge in [0.25, 0.3) is 0 Å². The monoisotopic (exact) mass is 488 g/mol. The van der Waals surface area contributed by atoms with Crippen molar-refractivity contribution in [2.45, 2.75) is 50.0 Å². The summed E-state index contributed by atoms with van der Waals surface area (Å²) in [7, 11) is 0.